The Morgan fingerprint density at radius 3 is 1.92 bits per heavy atom. The number of carbonyl (C=O) groups excluding carboxylic acids is 1. The number of aryl methyl sites for hydroxylation is 1. The molecular formula is C23H21NOS. The van der Waals surface area contributed by atoms with E-state index in [0.29, 0.717) is 10.4 Å². The number of hydrogen-bond donors (Lipinski definition) is 1. The van der Waals surface area contributed by atoms with E-state index in [1.54, 1.807) is 12.1 Å². The van der Waals surface area contributed by atoms with Crippen molar-refractivity contribution in [3.8, 4) is 0 Å². The van der Waals surface area contributed by atoms with E-state index in [-0.39, 0.29) is 5.91 Å². The second-order valence-electron chi connectivity index (χ2n) is 6.51. The molecule has 1 amide bonds. The third-order valence-electron chi connectivity index (χ3n) is 4.52. The molecule has 2 nitrogen and oxygen atoms in total. The third-order valence-corrected chi connectivity index (χ3v) is 5.16. The van der Waals surface area contributed by atoms with Gasteiger partial charge in [0.15, 0.2) is 0 Å². The summed E-state index contributed by atoms with van der Waals surface area (Å²) in [6.45, 7) is 4.01. The maximum atomic E-state index is 12.9. The number of hydrogen-bond acceptors (Lipinski definition) is 2. The molecule has 0 aliphatic heterocycles. The van der Waals surface area contributed by atoms with Crippen LogP contribution in [0.15, 0.2) is 84.9 Å². The van der Waals surface area contributed by atoms with Crippen LogP contribution in [0.25, 0.3) is 0 Å². The van der Waals surface area contributed by atoms with Crippen molar-refractivity contribution in [3.05, 3.63) is 107 Å². The van der Waals surface area contributed by atoms with Crippen molar-refractivity contribution in [2.45, 2.75) is 19.4 Å². The minimum Gasteiger partial charge on any atom is -0.338 e. The highest BCUT2D eigenvalue weighted by atomic mass is 32.1. The topological polar surface area (TPSA) is 29.1 Å². The first-order chi connectivity index (χ1) is 12.5. The van der Waals surface area contributed by atoms with Gasteiger partial charge in [-0.3, -0.25) is 4.79 Å². The monoisotopic (exact) mass is 359 g/mol. The molecule has 0 heterocycles. The van der Waals surface area contributed by atoms with Crippen molar-refractivity contribution in [1.82, 2.24) is 5.32 Å². The van der Waals surface area contributed by atoms with Crippen LogP contribution < -0.4 is 5.32 Å². The molecule has 3 aromatic rings. The number of carbonyl (C=O) groups is 1. The average Bonchev–Trinajstić information content (AvgIpc) is 2.69. The highest BCUT2D eigenvalue weighted by Gasteiger charge is 2.34. The largest absolute Gasteiger partial charge is 0.338 e. The fraction of sp³-hybridized carbons (Fsp3) is 0.130. The molecule has 3 rings (SSSR count). The Labute approximate surface area is 159 Å². The van der Waals surface area contributed by atoms with Gasteiger partial charge in [0.2, 0.25) is 0 Å². The Bertz CT molecular complexity index is 904. The molecule has 0 aliphatic rings. The summed E-state index contributed by atoms with van der Waals surface area (Å²) in [5.74, 6) is -0.147. The van der Waals surface area contributed by atoms with Crippen molar-refractivity contribution >= 4 is 23.0 Å². The summed E-state index contributed by atoms with van der Waals surface area (Å²) in [4.78, 5) is 13.5. The van der Waals surface area contributed by atoms with Gasteiger partial charge in [0.1, 0.15) is 0 Å². The van der Waals surface area contributed by atoms with Crippen molar-refractivity contribution < 1.29 is 4.79 Å². The quantitative estimate of drug-likeness (QED) is 0.510. The van der Waals surface area contributed by atoms with Crippen LogP contribution in [0.2, 0.25) is 0 Å². The highest BCUT2D eigenvalue weighted by molar-refractivity contribution is 7.81. The van der Waals surface area contributed by atoms with Crippen LogP contribution >= 0.6 is 12.2 Å². The first-order valence-electron chi connectivity index (χ1n) is 8.55. The van der Waals surface area contributed by atoms with Gasteiger partial charge in [0, 0.05) is 5.56 Å². The number of rotatable bonds is 5. The maximum absolute atomic E-state index is 12.9. The predicted molar refractivity (Wildman–Crippen MR) is 111 cm³/mol. The standard InChI is InChI=1S/C23H21NOS/c1-17-13-15-18(16-14-17)21(26)23(2,20-11-7-4-8-12-20)24-22(25)19-9-5-3-6-10-19/h3-16H,1-2H3,(H,24,25)/t23-/m1/s1. The van der Waals surface area contributed by atoms with Crippen LogP contribution in [-0.4, -0.2) is 10.8 Å². The minimum atomic E-state index is -0.793. The van der Waals surface area contributed by atoms with Crippen LogP contribution in [0.3, 0.4) is 0 Å². The van der Waals surface area contributed by atoms with Crippen molar-refractivity contribution in [2.75, 3.05) is 0 Å². The van der Waals surface area contributed by atoms with Crippen LogP contribution in [-0.2, 0) is 5.54 Å². The van der Waals surface area contributed by atoms with Crippen LogP contribution in [0.5, 0.6) is 0 Å². The third kappa shape index (κ3) is 3.73. The smallest absolute Gasteiger partial charge is 0.252 e. The van der Waals surface area contributed by atoms with E-state index in [0.717, 1.165) is 11.1 Å². The van der Waals surface area contributed by atoms with E-state index in [1.165, 1.54) is 5.56 Å². The molecule has 0 aliphatic carbocycles. The first-order valence-corrected chi connectivity index (χ1v) is 8.96. The van der Waals surface area contributed by atoms with Gasteiger partial charge >= 0.3 is 0 Å². The van der Waals surface area contributed by atoms with Gasteiger partial charge < -0.3 is 5.32 Å². The Kier molecular flexibility index (Phi) is 5.29. The first kappa shape index (κ1) is 18.0. The lowest BCUT2D eigenvalue weighted by Gasteiger charge is -2.33. The zero-order valence-electron chi connectivity index (χ0n) is 14.9. The van der Waals surface area contributed by atoms with E-state index >= 15 is 0 Å². The lowest BCUT2D eigenvalue weighted by molar-refractivity contribution is 0.0927. The van der Waals surface area contributed by atoms with E-state index in [4.69, 9.17) is 12.2 Å². The predicted octanol–water partition coefficient (Wildman–Crippen LogP) is 5.06. The average molecular weight is 359 g/mol. The lowest BCUT2D eigenvalue weighted by Crippen LogP contribution is -2.49. The van der Waals surface area contributed by atoms with E-state index in [1.807, 2.05) is 86.6 Å². The van der Waals surface area contributed by atoms with Gasteiger partial charge in [-0.15, -0.1) is 0 Å². The molecule has 0 aromatic heterocycles. The Morgan fingerprint density at radius 2 is 1.35 bits per heavy atom. The number of nitrogens with one attached hydrogen (secondary N) is 1. The van der Waals surface area contributed by atoms with Gasteiger partial charge in [-0.1, -0.05) is 90.6 Å². The van der Waals surface area contributed by atoms with Crippen LogP contribution in [0, 0.1) is 6.92 Å². The zero-order valence-corrected chi connectivity index (χ0v) is 15.7. The maximum Gasteiger partial charge on any atom is 0.252 e. The molecule has 0 radical (unpaired) electrons. The van der Waals surface area contributed by atoms with Gasteiger partial charge in [-0.05, 0) is 37.1 Å². The second kappa shape index (κ2) is 7.63. The zero-order chi connectivity index (χ0) is 18.6. The Hall–Kier alpha value is -2.78. The van der Waals surface area contributed by atoms with Crippen LogP contribution in [0.4, 0.5) is 0 Å². The number of benzene rings is 3. The molecule has 26 heavy (non-hydrogen) atoms. The van der Waals surface area contributed by atoms with Crippen molar-refractivity contribution in [3.63, 3.8) is 0 Å². The van der Waals surface area contributed by atoms with Gasteiger partial charge in [-0.25, -0.2) is 0 Å². The molecule has 1 N–H and O–H groups in total. The summed E-state index contributed by atoms with van der Waals surface area (Å²) < 4.78 is 0. The van der Waals surface area contributed by atoms with E-state index in [9.17, 15) is 4.79 Å². The summed E-state index contributed by atoms with van der Waals surface area (Å²) in [5.41, 5.74) is 2.88. The second-order valence-corrected chi connectivity index (χ2v) is 6.91. The van der Waals surface area contributed by atoms with Crippen molar-refractivity contribution in [2.24, 2.45) is 0 Å². The summed E-state index contributed by atoms with van der Waals surface area (Å²) >= 11 is 5.83. The van der Waals surface area contributed by atoms with Gasteiger partial charge in [0.25, 0.3) is 5.91 Å². The normalized spacial score (nSPS) is 12.8. The molecule has 0 bridgehead atoms. The molecule has 0 saturated heterocycles. The van der Waals surface area contributed by atoms with Crippen LogP contribution in [0.1, 0.15) is 34.0 Å². The SMILES string of the molecule is Cc1ccc(C(=S)[C@](C)(NC(=O)c2ccccc2)c2ccccc2)cc1. The molecule has 0 saturated carbocycles. The van der Waals surface area contributed by atoms with E-state index in [2.05, 4.69) is 5.32 Å². The molecule has 3 heteroatoms. The highest BCUT2D eigenvalue weighted by Crippen LogP contribution is 2.27. The molecule has 1 atom stereocenters. The summed E-state index contributed by atoms with van der Waals surface area (Å²) in [6, 6.07) is 27.1. The minimum absolute atomic E-state index is 0.147. The van der Waals surface area contributed by atoms with Gasteiger partial charge in [0.05, 0.1) is 10.4 Å². The molecule has 3 aromatic carbocycles. The lowest BCUT2D eigenvalue weighted by atomic mass is 9.84. The van der Waals surface area contributed by atoms with Gasteiger partial charge in [-0.2, -0.15) is 0 Å². The molecular weight excluding hydrogens is 338 g/mol. The molecule has 130 valence electrons. The molecule has 0 fully saturated rings. The fourth-order valence-corrected chi connectivity index (χ4v) is 3.22. The molecule has 0 unspecified atom stereocenters. The Morgan fingerprint density at radius 1 is 0.808 bits per heavy atom. The van der Waals surface area contributed by atoms with E-state index < -0.39 is 5.54 Å². The molecule has 0 spiro atoms. The number of thiocarbonyl (C=S) groups is 1. The number of amides is 1. The fourth-order valence-electron chi connectivity index (χ4n) is 2.91. The Balaban J connectivity index is 2.01. The summed E-state index contributed by atoms with van der Waals surface area (Å²) in [5, 5.41) is 3.16. The summed E-state index contributed by atoms with van der Waals surface area (Å²) in [6.07, 6.45) is 0. The summed E-state index contributed by atoms with van der Waals surface area (Å²) in [7, 11) is 0. The van der Waals surface area contributed by atoms with Crippen molar-refractivity contribution in [1.29, 1.82) is 0 Å².